The van der Waals surface area contributed by atoms with Crippen molar-refractivity contribution in [2.24, 2.45) is 5.92 Å². The lowest BCUT2D eigenvalue weighted by Gasteiger charge is -2.30. The Morgan fingerprint density at radius 1 is 0.897 bits per heavy atom. The number of carbonyl (C=O) groups excluding carboxylic acids is 1. The number of nitrogens with one attached hydrogen (secondary N) is 2. The molecule has 1 saturated carbocycles. The quantitative estimate of drug-likeness (QED) is 0.301. The lowest BCUT2D eigenvalue weighted by molar-refractivity contribution is 0.0940. The molecule has 4 rings (SSSR count). The molecular weight excluding hydrogens is 482 g/mol. The van der Waals surface area contributed by atoms with Gasteiger partial charge in [-0.2, -0.15) is 4.98 Å². The van der Waals surface area contributed by atoms with Crippen LogP contribution in [0.1, 0.15) is 112 Å². The first kappa shape index (κ1) is 28.8. The second-order valence-electron chi connectivity index (χ2n) is 12.4. The van der Waals surface area contributed by atoms with Crippen molar-refractivity contribution >= 4 is 28.6 Å². The summed E-state index contributed by atoms with van der Waals surface area (Å²) in [4.78, 5) is 25.2. The first-order chi connectivity index (χ1) is 18.5. The predicted molar refractivity (Wildman–Crippen MR) is 164 cm³/mol. The van der Waals surface area contributed by atoms with Crippen LogP contribution in [0.15, 0.2) is 36.4 Å². The standard InChI is InChI=1S/C33H47N5O/c1-20(2)24-17-27(21(3)4)30(28(18-24)22(5)6)32(39)34-19-23-13-15-25(16-14-23)35-33-36-29-12-10-9-11-26(29)31(37-33)38(7)8/h9-12,17-18,20-23,25H,13-16,19H2,1-8H3,(H,34,39)(H,35,36,37)/t23-,25+. The summed E-state index contributed by atoms with van der Waals surface area (Å²) in [6, 6.07) is 13.0. The van der Waals surface area contributed by atoms with E-state index in [0.717, 1.165) is 54.5 Å². The molecule has 0 saturated heterocycles. The van der Waals surface area contributed by atoms with E-state index in [0.29, 0.717) is 35.7 Å². The van der Waals surface area contributed by atoms with Gasteiger partial charge in [0, 0.05) is 37.6 Å². The molecule has 0 aliphatic heterocycles. The van der Waals surface area contributed by atoms with Gasteiger partial charge in [-0.25, -0.2) is 4.98 Å². The number of amides is 1. The van der Waals surface area contributed by atoms with Gasteiger partial charge in [-0.1, -0.05) is 65.8 Å². The van der Waals surface area contributed by atoms with E-state index < -0.39 is 0 Å². The second kappa shape index (κ2) is 12.4. The Morgan fingerprint density at radius 2 is 1.51 bits per heavy atom. The molecule has 2 N–H and O–H groups in total. The van der Waals surface area contributed by atoms with Gasteiger partial charge in [0.15, 0.2) is 0 Å². The highest BCUT2D eigenvalue weighted by atomic mass is 16.1. The molecule has 39 heavy (non-hydrogen) atoms. The number of rotatable bonds is 9. The Labute approximate surface area is 235 Å². The second-order valence-corrected chi connectivity index (χ2v) is 12.4. The molecule has 210 valence electrons. The first-order valence-electron chi connectivity index (χ1n) is 14.7. The topological polar surface area (TPSA) is 70.2 Å². The van der Waals surface area contributed by atoms with Crippen molar-refractivity contribution in [3.63, 3.8) is 0 Å². The minimum Gasteiger partial charge on any atom is -0.362 e. The number of nitrogens with zero attached hydrogens (tertiary/aromatic N) is 3. The lowest BCUT2D eigenvalue weighted by atomic mass is 9.83. The third-order valence-corrected chi connectivity index (χ3v) is 8.10. The van der Waals surface area contributed by atoms with E-state index in [1.807, 2.05) is 37.2 Å². The Morgan fingerprint density at radius 3 is 2.08 bits per heavy atom. The summed E-state index contributed by atoms with van der Waals surface area (Å²) in [5.41, 5.74) is 5.51. The van der Waals surface area contributed by atoms with Crippen LogP contribution in [0.5, 0.6) is 0 Å². The number of fused-ring (bicyclic) bond motifs is 1. The van der Waals surface area contributed by atoms with Crippen molar-refractivity contribution in [1.29, 1.82) is 0 Å². The maximum absolute atomic E-state index is 13.6. The van der Waals surface area contributed by atoms with Crippen LogP contribution >= 0.6 is 0 Å². The molecule has 1 amide bonds. The molecule has 0 bridgehead atoms. The van der Waals surface area contributed by atoms with Gasteiger partial charge in [-0.05, 0) is 78.2 Å². The number of benzene rings is 2. The highest BCUT2D eigenvalue weighted by Crippen LogP contribution is 2.33. The highest BCUT2D eigenvalue weighted by molar-refractivity contribution is 5.97. The van der Waals surface area contributed by atoms with Crippen LogP contribution in [0.25, 0.3) is 10.9 Å². The van der Waals surface area contributed by atoms with Gasteiger partial charge < -0.3 is 15.5 Å². The minimum atomic E-state index is 0.0822. The zero-order valence-corrected chi connectivity index (χ0v) is 25.1. The summed E-state index contributed by atoms with van der Waals surface area (Å²) in [7, 11) is 4.04. The van der Waals surface area contributed by atoms with Gasteiger partial charge in [0.25, 0.3) is 5.91 Å². The summed E-state index contributed by atoms with van der Waals surface area (Å²) < 4.78 is 0. The largest absolute Gasteiger partial charge is 0.362 e. The average molecular weight is 530 g/mol. The molecule has 6 nitrogen and oxygen atoms in total. The fraction of sp³-hybridized carbons (Fsp3) is 0.545. The van der Waals surface area contributed by atoms with Gasteiger partial charge in [-0.3, -0.25) is 4.79 Å². The third kappa shape index (κ3) is 6.71. The Hall–Kier alpha value is -3.15. The number of hydrogen-bond donors (Lipinski definition) is 2. The maximum atomic E-state index is 13.6. The van der Waals surface area contributed by atoms with Crippen molar-refractivity contribution in [2.45, 2.75) is 91.0 Å². The van der Waals surface area contributed by atoms with E-state index in [1.54, 1.807) is 0 Å². The van der Waals surface area contributed by atoms with Crippen molar-refractivity contribution in [3.8, 4) is 0 Å². The average Bonchev–Trinajstić information content (AvgIpc) is 2.91. The molecule has 0 radical (unpaired) electrons. The van der Waals surface area contributed by atoms with Crippen molar-refractivity contribution in [1.82, 2.24) is 15.3 Å². The van der Waals surface area contributed by atoms with Crippen LogP contribution < -0.4 is 15.5 Å². The van der Waals surface area contributed by atoms with Crippen LogP contribution in [0.4, 0.5) is 11.8 Å². The van der Waals surface area contributed by atoms with Gasteiger partial charge in [0.1, 0.15) is 5.82 Å². The predicted octanol–water partition coefficient (Wildman–Crippen LogP) is 7.47. The molecule has 1 aromatic heterocycles. The molecule has 1 aliphatic rings. The zero-order chi connectivity index (χ0) is 28.3. The SMILES string of the molecule is CC(C)c1cc(C(C)C)c(C(=O)NC[C@H]2CC[C@@H](Nc3nc(N(C)C)c4ccccc4n3)CC2)c(C(C)C)c1. The number of para-hydroxylation sites is 1. The van der Waals surface area contributed by atoms with Gasteiger partial charge in [0.2, 0.25) is 5.95 Å². The number of hydrogen-bond acceptors (Lipinski definition) is 5. The fourth-order valence-corrected chi connectivity index (χ4v) is 5.70. The summed E-state index contributed by atoms with van der Waals surface area (Å²) in [6.45, 7) is 13.9. The highest BCUT2D eigenvalue weighted by Gasteiger charge is 2.25. The van der Waals surface area contributed by atoms with Crippen LogP contribution in [0.2, 0.25) is 0 Å². The fourth-order valence-electron chi connectivity index (χ4n) is 5.70. The number of anilines is 2. The Bertz CT molecular complexity index is 1260. The van der Waals surface area contributed by atoms with Crippen molar-refractivity contribution in [2.75, 3.05) is 30.9 Å². The van der Waals surface area contributed by atoms with E-state index in [4.69, 9.17) is 9.97 Å². The molecule has 0 spiro atoms. The monoisotopic (exact) mass is 529 g/mol. The Kier molecular flexibility index (Phi) is 9.14. The molecule has 2 aromatic carbocycles. The normalized spacial score (nSPS) is 17.7. The molecule has 6 heteroatoms. The summed E-state index contributed by atoms with van der Waals surface area (Å²) in [6.07, 6.45) is 4.25. The molecule has 3 aromatic rings. The first-order valence-corrected chi connectivity index (χ1v) is 14.7. The van der Waals surface area contributed by atoms with Crippen molar-refractivity contribution in [3.05, 3.63) is 58.7 Å². The molecular formula is C33H47N5O. The molecule has 1 aliphatic carbocycles. The van der Waals surface area contributed by atoms with Gasteiger partial charge >= 0.3 is 0 Å². The summed E-state index contributed by atoms with van der Waals surface area (Å²) in [5.74, 6) is 3.24. The maximum Gasteiger partial charge on any atom is 0.251 e. The summed E-state index contributed by atoms with van der Waals surface area (Å²) >= 11 is 0. The van der Waals surface area contributed by atoms with Crippen molar-refractivity contribution < 1.29 is 4.79 Å². The van der Waals surface area contributed by atoms with E-state index in [9.17, 15) is 4.79 Å². The van der Waals surface area contributed by atoms with E-state index >= 15 is 0 Å². The van der Waals surface area contributed by atoms with E-state index in [1.165, 1.54) is 16.7 Å². The molecule has 1 fully saturated rings. The van der Waals surface area contributed by atoms with Gasteiger partial charge in [0.05, 0.1) is 5.52 Å². The zero-order valence-electron chi connectivity index (χ0n) is 25.1. The van der Waals surface area contributed by atoms with E-state index in [-0.39, 0.29) is 5.91 Å². The van der Waals surface area contributed by atoms with Crippen LogP contribution in [-0.4, -0.2) is 42.6 Å². The van der Waals surface area contributed by atoms with Crippen LogP contribution in [-0.2, 0) is 0 Å². The smallest absolute Gasteiger partial charge is 0.251 e. The number of carbonyl (C=O) groups is 1. The molecule has 1 heterocycles. The Balaban J connectivity index is 1.39. The van der Waals surface area contributed by atoms with E-state index in [2.05, 4.69) is 70.4 Å². The number of aromatic nitrogens is 2. The van der Waals surface area contributed by atoms with Gasteiger partial charge in [-0.15, -0.1) is 0 Å². The molecule has 0 atom stereocenters. The van der Waals surface area contributed by atoms with Crippen LogP contribution in [0, 0.1) is 5.92 Å². The third-order valence-electron chi connectivity index (χ3n) is 8.10. The molecule has 0 unspecified atom stereocenters. The minimum absolute atomic E-state index is 0.0822. The lowest BCUT2D eigenvalue weighted by Crippen LogP contribution is -2.35. The van der Waals surface area contributed by atoms with Crippen LogP contribution in [0.3, 0.4) is 0 Å². The summed E-state index contributed by atoms with van der Waals surface area (Å²) in [5, 5.41) is 7.98.